The first-order chi connectivity index (χ1) is 28.0. The van der Waals surface area contributed by atoms with Crippen molar-refractivity contribution in [2.75, 3.05) is 39.2 Å². The van der Waals surface area contributed by atoms with Crippen LogP contribution in [-0.4, -0.2) is 72.8 Å². The number of hydrogen-bond acceptors (Lipinski definition) is 8. The van der Waals surface area contributed by atoms with Gasteiger partial charge in [0.25, 0.3) is 5.91 Å². The molecule has 59 heavy (non-hydrogen) atoms. The molecule has 3 aromatic heterocycles. The van der Waals surface area contributed by atoms with Crippen LogP contribution in [0, 0.1) is 28.8 Å². The molecule has 3 N–H and O–H groups in total. The predicted octanol–water partition coefficient (Wildman–Crippen LogP) is 6.74. The van der Waals surface area contributed by atoms with Crippen molar-refractivity contribution in [3.05, 3.63) is 132 Å². The van der Waals surface area contributed by atoms with Crippen molar-refractivity contribution in [2.24, 2.45) is 0 Å². The molecule has 316 valence electrons. The fourth-order valence-electron chi connectivity index (χ4n) is 5.15. The monoisotopic (exact) mass is 1380 g/mol. The topological polar surface area (TPSA) is 139 Å². The molecule has 0 radical (unpaired) electrons. The van der Waals surface area contributed by atoms with Crippen molar-refractivity contribution in [2.45, 2.75) is 19.3 Å². The van der Waals surface area contributed by atoms with E-state index in [9.17, 15) is 31.1 Å². The Morgan fingerprint density at radius 3 is 1.80 bits per heavy atom. The summed E-state index contributed by atoms with van der Waals surface area (Å²) in [6.07, 6.45) is 1.80. The van der Waals surface area contributed by atoms with E-state index >= 15 is 0 Å². The van der Waals surface area contributed by atoms with Crippen molar-refractivity contribution in [3.8, 4) is 23.1 Å². The average molecular weight is 1380 g/mol. The minimum absolute atomic E-state index is 0.156. The van der Waals surface area contributed by atoms with Gasteiger partial charge in [-0.05, 0) is 70.7 Å². The normalized spacial score (nSPS) is 10.9. The molecule has 0 bridgehead atoms. The summed E-state index contributed by atoms with van der Waals surface area (Å²) < 4.78 is 86.3. The van der Waals surface area contributed by atoms with Gasteiger partial charge in [-0.3, -0.25) is 4.79 Å². The van der Waals surface area contributed by atoms with Crippen LogP contribution in [0.25, 0.3) is 17.1 Å². The number of hydrogen-bond donors (Lipinski definition) is 2. The molecule has 0 saturated carbocycles. The number of imidazole rings is 2. The number of aromatic nitrogens is 6. The minimum atomic E-state index is -4.90. The number of carbonyl (C=O) groups is 1. The van der Waals surface area contributed by atoms with Crippen LogP contribution in [0.2, 0.25) is 0 Å². The fourth-order valence-corrected chi connectivity index (χ4v) is 5.15. The molecule has 0 unspecified atom stereocenters. The van der Waals surface area contributed by atoms with Crippen LogP contribution >= 0.6 is 74.5 Å². The Morgan fingerprint density at radius 2 is 1.32 bits per heavy atom. The second kappa shape index (κ2) is 24.0. The van der Waals surface area contributed by atoms with E-state index in [-0.39, 0.29) is 17.1 Å². The maximum absolute atomic E-state index is 14.9. The number of halogens is 11. The molecule has 3 heterocycles. The van der Waals surface area contributed by atoms with Gasteiger partial charge < -0.3 is 30.0 Å². The number of nitrogen functional groups attached to an aromatic ring is 1. The number of nitrogens with zero attached hydrogens (tertiary/aromatic N) is 9. The van der Waals surface area contributed by atoms with Gasteiger partial charge in [0.05, 0.1) is 35.7 Å². The van der Waals surface area contributed by atoms with Crippen molar-refractivity contribution in [3.63, 3.8) is 0 Å². The zero-order valence-corrected chi connectivity index (χ0v) is 42.0. The van der Waals surface area contributed by atoms with E-state index in [2.05, 4.69) is 94.8 Å². The standard InChI is InChI=1S/C24H18F5N7O.C12H15FN4.I3.I2/c1-34(2)13-22-31-7-8-35(22)15-4-6-19(18(26)10-15)32-23(37)20-11-21(24(27,28)29)33-36(20)16-3-5-17(25)14(9-16)12-30;1-16(2)8-12-15-5-6-17(12)9-3-4-11(14)10(13)7-9;1-3-2;1-2/h3-11H,13H2,1-2H3,(H,32,37);3-7H,8,14H2,1-2H3;;/q;;-1;. The van der Waals surface area contributed by atoms with Crippen LogP contribution < -0.4 is 24.3 Å². The van der Waals surface area contributed by atoms with Crippen LogP contribution in [0.5, 0.6) is 0 Å². The Kier molecular flexibility index (Phi) is 20.6. The van der Waals surface area contributed by atoms with Gasteiger partial charge in [0, 0.05) is 91.6 Å². The molecule has 0 aliphatic rings. The Morgan fingerprint density at radius 1 is 0.814 bits per heavy atom. The summed E-state index contributed by atoms with van der Waals surface area (Å²) >= 11 is 9.54. The maximum atomic E-state index is 14.9. The van der Waals surface area contributed by atoms with Gasteiger partial charge in [-0.25, -0.2) is 27.8 Å². The summed E-state index contributed by atoms with van der Waals surface area (Å²) in [5, 5.41) is 14.7. The van der Waals surface area contributed by atoms with Gasteiger partial charge >= 0.3 is 56.7 Å². The number of rotatable bonds is 9. The number of benzene rings is 3. The van der Waals surface area contributed by atoms with Gasteiger partial charge in [-0.2, -0.15) is 23.5 Å². The number of carbonyl (C=O) groups excluding carboxylic acids is 1. The molecule has 3 aromatic carbocycles. The zero-order chi connectivity index (χ0) is 44.0. The van der Waals surface area contributed by atoms with Crippen molar-refractivity contribution in [1.29, 1.82) is 5.26 Å². The van der Waals surface area contributed by atoms with E-state index in [1.165, 1.54) is 18.2 Å². The third kappa shape index (κ3) is 14.4. The summed E-state index contributed by atoms with van der Waals surface area (Å²) in [6.45, 7) is 1.18. The molecule has 0 spiro atoms. The van der Waals surface area contributed by atoms with Gasteiger partial charge in [-0.1, -0.05) is 0 Å². The van der Waals surface area contributed by atoms with E-state index in [4.69, 9.17) is 11.0 Å². The third-order valence-corrected chi connectivity index (χ3v) is 7.64. The summed E-state index contributed by atoms with van der Waals surface area (Å²) in [5.74, 6) is -1.75. The predicted molar refractivity (Wildman–Crippen MR) is 244 cm³/mol. The average Bonchev–Trinajstić information content (AvgIpc) is 3.96. The summed E-state index contributed by atoms with van der Waals surface area (Å²) in [4.78, 5) is 25.3. The molecule has 6 aromatic rings. The van der Waals surface area contributed by atoms with Crippen molar-refractivity contribution in [1.82, 2.24) is 38.7 Å². The first-order valence-corrected chi connectivity index (χ1v) is 35.2. The van der Waals surface area contributed by atoms with Gasteiger partial charge in [-0.15, -0.1) is 0 Å². The summed E-state index contributed by atoms with van der Waals surface area (Å²) in [6, 6.07) is 13.6. The van der Waals surface area contributed by atoms with E-state index in [1.54, 1.807) is 41.4 Å². The van der Waals surface area contributed by atoms with Crippen molar-refractivity contribution >= 4 is 91.7 Å². The van der Waals surface area contributed by atoms with Gasteiger partial charge in [0.2, 0.25) is 0 Å². The van der Waals surface area contributed by atoms with Gasteiger partial charge in [0.1, 0.15) is 40.9 Å². The number of alkyl halides is 3. The van der Waals surface area contributed by atoms with Gasteiger partial charge in [0.15, 0.2) is 5.69 Å². The van der Waals surface area contributed by atoms with E-state index in [0.717, 1.165) is 35.8 Å². The van der Waals surface area contributed by atoms with E-state index in [0.29, 0.717) is 48.6 Å². The van der Waals surface area contributed by atoms with Crippen LogP contribution in [0.1, 0.15) is 33.4 Å². The molecule has 0 fully saturated rings. The molecule has 0 atom stereocenters. The molecule has 12 nitrogen and oxygen atoms in total. The van der Waals surface area contributed by atoms with E-state index in [1.807, 2.05) is 48.8 Å². The number of nitrogens with two attached hydrogens (primary N) is 1. The summed E-state index contributed by atoms with van der Waals surface area (Å²) in [7, 11) is 7.62. The molecule has 0 saturated heterocycles. The van der Waals surface area contributed by atoms with Crippen LogP contribution in [-0.2, 0) is 19.3 Å². The first kappa shape index (κ1) is 50.6. The summed E-state index contributed by atoms with van der Waals surface area (Å²) in [5.41, 5.74) is 3.85. The second-order valence-electron chi connectivity index (χ2n) is 12.4. The van der Waals surface area contributed by atoms with E-state index < -0.39 is 46.5 Å². The molecule has 23 heteroatoms. The number of nitrogens with one attached hydrogen (secondary N) is 1. The van der Waals surface area contributed by atoms with Crippen LogP contribution in [0.4, 0.5) is 37.7 Å². The molecule has 6 rings (SSSR count). The Labute approximate surface area is 388 Å². The third-order valence-electron chi connectivity index (χ3n) is 7.64. The molecule has 0 aliphatic carbocycles. The van der Waals surface area contributed by atoms with Crippen LogP contribution in [0.15, 0.2) is 85.5 Å². The first-order valence-electron chi connectivity index (χ1n) is 16.4. The molecular weight excluding hydrogens is 1350 g/mol. The van der Waals surface area contributed by atoms with Crippen LogP contribution in [0.3, 0.4) is 0 Å². The molecule has 0 aliphatic heterocycles. The number of anilines is 2. The SMILES string of the molecule is CN(C)Cc1nccn1-c1ccc(N)c(F)c1.CN(C)Cc1nccn1-c1ccc(NC(=O)c2cc(C(F)(F)F)nn2-c2ccc(F)c(C#N)c2)c(F)c1.II.I[I-]I. The molecule has 1 amide bonds. The Balaban J connectivity index is 0.000000351. The second-order valence-corrected chi connectivity index (χ2v) is 28.6. The Hall–Kier alpha value is -2.80. The number of amides is 1. The molecular formula is C36H33F6I5N11O-. The number of nitriles is 1. The Bertz CT molecular complexity index is 2360. The fraction of sp³-hybridized carbons (Fsp3) is 0.194. The quantitative estimate of drug-likeness (QED) is 0.0923. The van der Waals surface area contributed by atoms with Crippen molar-refractivity contribution < 1.29 is 44.4 Å². The zero-order valence-electron chi connectivity index (χ0n) is 31.2.